The lowest BCUT2D eigenvalue weighted by Crippen LogP contribution is -2.43. The first-order valence-electron chi connectivity index (χ1n) is 5.36. The first kappa shape index (κ1) is 14.6. The van der Waals surface area contributed by atoms with Gasteiger partial charge in [0.1, 0.15) is 6.04 Å². The van der Waals surface area contributed by atoms with E-state index in [0.717, 1.165) is 0 Å². The molecule has 10 nitrogen and oxygen atoms in total. The standard InChI is InChI=1S/C9H14N6O4/c10-1-2-15-4-6(13-14-15)8(17)12-5(9(18)19)3-7(11)16/h4-5H,1-3,10H2,(H2,11,16)(H,12,17)(H,18,19)/t5-/m0/s1. The molecular formula is C9H14N6O4. The number of rotatable bonds is 7. The van der Waals surface area contributed by atoms with Gasteiger partial charge in [0, 0.05) is 6.54 Å². The predicted molar refractivity (Wildman–Crippen MR) is 61.8 cm³/mol. The maximum absolute atomic E-state index is 11.7. The molecule has 0 spiro atoms. The van der Waals surface area contributed by atoms with Gasteiger partial charge in [-0.1, -0.05) is 5.21 Å². The van der Waals surface area contributed by atoms with Crippen molar-refractivity contribution < 1.29 is 19.5 Å². The minimum Gasteiger partial charge on any atom is -0.480 e. The number of nitrogens with zero attached hydrogens (tertiary/aromatic N) is 3. The molecule has 0 aliphatic carbocycles. The summed E-state index contributed by atoms with van der Waals surface area (Å²) in [5.74, 6) is -2.95. The van der Waals surface area contributed by atoms with E-state index in [9.17, 15) is 14.4 Å². The summed E-state index contributed by atoms with van der Waals surface area (Å²) >= 11 is 0. The Balaban J connectivity index is 2.70. The monoisotopic (exact) mass is 270 g/mol. The lowest BCUT2D eigenvalue weighted by atomic mass is 10.2. The minimum atomic E-state index is -1.40. The smallest absolute Gasteiger partial charge is 0.326 e. The number of amides is 2. The van der Waals surface area contributed by atoms with E-state index in [4.69, 9.17) is 16.6 Å². The van der Waals surface area contributed by atoms with Crippen molar-refractivity contribution in [3.8, 4) is 0 Å². The van der Waals surface area contributed by atoms with Crippen LogP contribution >= 0.6 is 0 Å². The second-order valence-corrected chi connectivity index (χ2v) is 3.69. The first-order chi connectivity index (χ1) is 8.93. The van der Waals surface area contributed by atoms with Crippen molar-refractivity contribution in [2.45, 2.75) is 19.0 Å². The Hall–Kier alpha value is -2.49. The highest BCUT2D eigenvalue weighted by Crippen LogP contribution is 1.97. The molecule has 0 saturated carbocycles. The van der Waals surface area contributed by atoms with E-state index in [0.29, 0.717) is 13.1 Å². The van der Waals surface area contributed by atoms with Gasteiger partial charge < -0.3 is 21.9 Å². The average molecular weight is 270 g/mol. The lowest BCUT2D eigenvalue weighted by molar-refractivity contribution is -0.140. The molecule has 0 fully saturated rings. The number of nitrogens with one attached hydrogen (secondary N) is 1. The van der Waals surface area contributed by atoms with E-state index in [-0.39, 0.29) is 5.69 Å². The SMILES string of the molecule is NCCn1cc(C(=O)N[C@@H](CC(N)=O)C(=O)O)nn1. The van der Waals surface area contributed by atoms with Gasteiger partial charge in [0.15, 0.2) is 5.69 Å². The molecule has 0 bridgehead atoms. The minimum absolute atomic E-state index is 0.0656. The number of primary amides is 1. The highest BCUT2D eigenvalue weighted by atomic mass is 16.4. The fourth-order valence-electron chi connectivity index (χ4n) is 1.28. The molecule has 1 aromatic rings. The Labute approximate surface area is 107 Å². The van der Waals surface area contributed by atoms with Crippen molar-refractivity contribution in [3.63, 3.8) is 0 Å². The molecule has 1 heterocycles. The van der Waals surface area contributed by atoms with Crippen LogP contribution in [0.4, 0.5) is 0 Å². The molecule has 19 heavy (non-hydrogen) atoms. The van der Waals surface area contributed by atoms with E-state index in [2.05, 4.69) is 15.6 Å². The number of carboxylic acids is 1. The van der Waals surface area contributed by atoms with Crippen LogP contribution in [-0.2, 0) is 16.1 Å². The van der Waals surface area contributed by atoms with Crippen molar-refractivity contribution >= 4 is 17.8 Å². The zero-order valence-electron chi connectivity index (χ0n) is 9.94. The number of carbonyl (C=O) groups is 3. The highest BCUT2D eigenvalue weighted by Gasteiger charge is 2.23. The van der Waals surface area contributed by atoms with E-state index >= 15 is 0 Å². The molecule has 104 valence electrons. The van der Waals surface area contributed by atoms with Crippen molar-refractivity contribution in [1.82, 2.24) is 20.3 Å². The van der Waals surface area contributed by atoms with Gasteiger partial charge in [-0.25, -0.2) is 4.79 Å². The second-order valence-electron chi connectivity index (χ2n) is 3.69. The summed E-state index contributed by atoms with van der Waals surface area (Å²) in [5, 5.41) is 18.1. The Morgan fingerprint density at radius 3 is 2.68 bits per heavy atom. The molecule has 10 heteroatoms. The fraction of sp³-hybridized carbons (Fsp3) is 0.444. The molecule has 0 saturated heterocycles. The zero-order valence-corrected chi connectivity index (χ0v) is 9.94. The quantitative estimate of drug-likeness (QED) is 0.418. The summed E-state index contributed by atoms with van der Waals surface area (Å²) in [4.78, 5) is 33.2. The van der Waals surface area contributed by atoms with E-state index in [1.54, 1.807) is 0 Å². The van der Waals surface area contributed by atoms with Crippen molar-refractivity contribution in [1.29, 1.82) is 0 Å². The molecule has 0 radical (unpaired) electrons. The number of aliphatic carboxylic acids is 1. The van der Waals surface area contributed by atoms with Crippen LogP contribution in [0.2, 0.25) is 0 Å². The first-order valence-corrected chi connectivity index (χ1v) is 5.36. The number of hydrogen-bond donors (Lipinski definition) is 4. The van der Waals surface area contributed by atoms with Crippen molar-refractivity contribution in [2.75, 3.05) is 6.54 Å². The number of hydrogen-bond acceptors (Lipinski definition) is 6. The van der Waals surface area contributed by atoms with Crippen LogP contribution in [0, 0.1) is 0 Å². The maximum Gasteiger partial charge on any atom is 0.326 e. The Kier molecular flexibility index (Phi) is 4.94. The van der Waals surface area contributed by atoms with Crippen LogP contribution in [0.25, 0.3) is 0 Å². The highest BCUT2D eigenvalue weighted by molar-refractivity contribution is 5.95. The van der Waals surface area contributed by atoms with Gasteiger partial charge in [-0.3, -0.25) is 14.3 Å². The summed E-state index contributed by atoms with van der Waals surface area (Å²) in [5.41, 5.74) is 10.1. The number of aromatic nitrogens is 3. The Morgan fingerprint density at radius 2 is 2.16 bits per heavy atom. The summed E-state index contributed by atoms with van der Waals surface area (Å²) in [7, 11) is 0. The fourth-order valence-corrected chi connectivity index (χ4v) is 1.28. The molecule has 0 aliphatic heterocycles. The van der Waals surface area contributed by atoms with Crippen LogP contribution in [0.3, 0.4) is 0 Å². The predicted octanol–water partition coefficient (Wildman–Crippen LogP) is -2.70. The van der Waals surface area contributed by atoms with Gasteiger partial charge in [-0.2, -0.15) is 0 Å². The molecule has 0 aromatic carbocycles. The lowest BCUT2D eigenvalue weighted by Gasteiger charge is -2.11. The molecule has 0 aliphatic rings. The third-order valence-electron chi connectivity index (χ3n) is 2.14. The van der Waals surface area contributed by atoms with E-state index in [1.807, 2.05) is 0 Å². The van der Waals surface area contributed by atoms with Gasteiger partial charge in [-0.05, 0) is 0 Å². The molecule has 2 amide bonds. The average Bonchev–Trinajstić information content (AvgIpc) is 2.76. The summed E-state index contributed by atoms with van der Waals surface area (Å²) in [6.45, 7) is 0.702. The van der Waals surface area contributed by atoms with Crippen LogP contribution < -0.4 is 16.8 Å². The van der Waals surface area contributed by atoms with Crippen LogP contribution in [0.15, 0.2) is 6.20 Å². The van der Waals surface area contributed by atoms with Crippen molar-refractivity contribution in [2.24, 2.45) is 11.5 Å². The third-order valence-corrected chi connectivity index (χ3v) is 2.14. The van der Waals surface area contributed by atoms with Crippen LogP contribution in [0.1, 0.15) is 16.9 Å². The summed E-state index contributed by atoms with van der Waals surface area (Å²) in [6, 6.07) is -1.40. The van der Waals surface area contributed by atoms with Gasteiger partial charge in [0.25, 0.3) is 5.91 Å². The van der Waals surface area contributed by atoms with Gasteiger partial charge in [0.05, 0.1) is 19.2 Å². The Bertz CT molecular complexity index is 485. The molecule has 1 rings (SSSR count). The van der Waals surface area contributed by atoms with E-state index < -0.39 is 30.2 Å². The number of carboxylic acid groups (broad SMARTS) is 1. The van der Waals surface area contributed by atoms with Gasteiger partial charge in [-0.15, -0.1) is 5.10 Å². The summed E-state index contributed by atoms with van der Waals surface area (Å²) in [6.07, 6.45) is 0.823. The zero-order chi connectivity index (χ0) is 14.4. The third kappa shape index (κ3) is 4.35. The number of nitrogens with two attached hydrogens (primary N) is 2. The molecular weight excluding hydrogens is 256 g/mol. The van der Waals surface area contributed by atoms with Crippen molar-refractivity contribution in [3.05, 3.63) is 11.9 Å². The summed E-state index contributed by atoms with van der Waals surface area (Å²) < 4.78 is 1.35. The van der Waals surface area contributed by atoms with E-state index in [1.165, 1.54) is 10.9 Å². The maximum atomic E-state index is 11.7. The molecule has 1 aromatic heterocycles. The Morgan fingerprint density at radius 1 is 1.47 bits per heavy atom. The molecule has 0 unspecified atom stereocenters. The van der Waals surface area contributed by atoms with Gasteiger partial charge in [0.2, 0.25) is 5.91 Å². The van der Waals surface area contributed by atoms with Crippen LogP contribution in [-0.4, -0.2) is 50.5 Å². The van der Waals surface area contributed by atoms with Crippen LogP contribution in [0.5, 0.6) is 0 Å². The second kappa shape index (κ2) is 6.44. The number of carbonyl (C=O) groups excluding carboxylic acids is 2. The molecule has 1 atom stereocenters. The molecule has 6 N–H and O–H groups in total. The normalized spacial score (nSPS) is 11.8. The largest absolute Gasteiger partial charge is 0.480 e. The topological polar surface area (TPSA) is 166 Å². The van der Waals surface area contributed by atoms with Gasteiger partial charge >= 0.3 is 5.97 Å².